The zero-order valence-corrected chi connectivity index (χ0v) is 11.8. The van der Waals surface area contributed by atoms with E-state index in [-0.39, 0.29) is 5.91 Å². The highest BCUT2D eigenvalue weighted by atomic mass is 79.9. The Bertz CT molecular complexity index is 611. The Labute approximate surface area is 117 Å². The van der Waals surface area contributed by atoms with Crippen molar-refractivity contribution in [3.8, 4) is 0 Å². The lowest BCUT2D eigenvalue weighted by molar-refractivity contribution is 0.102. The molecule has 3 N–H and O–H groups in total. The van der Waals surface area contributed by atoms with Crippen LogP contribution in [0.1, 0.15) is 10.4 Å². The topological polar surface area (TPSA) is 72.9 Å². The van der Waals surface area contributed by atoms with Crippen LogP contribution in [0.25, 0.3) is 0 Å². The van der Waals surface area contributed by atoms with Crippen LogP contribution in [-0.2, 0) is 7.05 Å². The van der Waals surface area contributed by atoms with Crippen molar-refractivity contribution in [2.24, 2.45) is 7.05 Å². The predicted molar refractivity (Wildman–Crippen MR) is 74.7 cm³/mol. The zero-order chi connectivity index (χ0) is 13.3. The van der Waals surface area contributed by atoms with Crippen LogP contribution in [0, 0.1) is 0 Å². The van der Waals surface area contributed by atoms with Crippen LogP contribution in [0.5, 0.6) is 0 Å². The van der Waals surface area contributed by atoms with Gasteiger partial charge in [-0.1, -0.05) is 27.5 Å². The maximum atomic E-state index is 12.0. The van der Waals surface area contributed by atoms with Gasteiger partial charge in [0.15, 0.2) is 0 Å². The lowest BCUT2D eigenvalue weighted by Crippen LogP contribution is -2.14. The van der Waals surface area contributed by atoms with Crippen molar-refractivity contribution >= 4 is 44.9 Å². The van der Waals surface area contributed by atoms with Gasteiger partial charge in [0.25, 0.3) is 5.91 Å². The predicted octanol–water partition coefficient (Wildman–Crippen LogP) is 2.67. The van der Waals surface area contributed by atoms with Crippen LogP contribution in [0.15, 0.2) is 28.9 Å². The Kier molecular flexibility index (Phi) is 3.58. The van der Waals surface area contributed by atoms with Crippen LogP contribution in [0.4, 0.5) is 11.5 Å². The minimum absolute atomic E-state index is 0.304. The number of rotatable bonds is 2. The fourth-order valence-corrected chi connectivity index (χ4v) is 1.93. The Morgan fingerprint density at radius 2 is 2.28 bits per heavy atom. The average Bonchev–Trinajstić information content (AvgIpc) is 2.65. The zero-order valence-electron chi connectivity index (χ0n) is 9.45. The minimum atomic E-state index is -0.347. The van der Waals surface area contributed by atoms with E-state index in [1.165, 1.54) is 10.9 Å². The highest BCUT2D eigenvalue weighted by Gasteiger charge is 2.15. The molecule has 1 heterocycles. The molecular formula is C11H10BrClN4O. The summed E-state index contributed by atoms with van der Waals surface area (Å²) in [5, 5.41) is 7.05. The number of anilines is 2. The molecule has 0 aliphatic carbocycles. The number of halogens is 2. The van der Waals surface area contributed by atoms with Crippen molar-refractivity contribution in [3.63, 3.8) is 0 Å². The Balaban J connectivity index is 2.27. The van der Waals surface area contributed by atoms with Crippen LogP contribution in [0.3, 0.4) is 0 Å². The second-order valence-corrected chi connectivity index (χ2v) is 4.97. The summed E-state index contributed by atoms with van der Waals surface area (Å²) in [5.74, 6) is -0.0424. The van der Waals surface area contributed by atoms with Gasteiger partial charge in [-0.2, -0.15) is 5.10 Å². The quantitative estimate of drug-likeness (QED) is 0.889. The van der Waals surface area contributed by atoms with Crippen molar-refractivity contribution in [1.29, 1.82) is 0 Å². The molecule has 1 amide bonds. The van der Waals surface area contributed by atoms with Gasteiger partial charge >= 0.3 is 0 Å². The number of nitrogens with zero attached hydrogens (tertiary/aromatic N) is 2. The number of hydrogen-bond acceptors (Lipinski definition) is 3. The van der Waals surface area contributed by atoms with Gasteiger partial charge in [0.1, 0.15) is 11.4 Å². The summed E-state index contributed by atoms with van der Waals surface area (Å²) in [6.07, 6.45) is 1.41. The highest BCUT2D eigenvalue weighted by Crippen LogP contribution is 2.26. The van der Waals surface area contributed by atoms with E-state index in [1.807, 2.05) is 0 Å². The summed E-state index contributed by atoms with van der Waals surface area (Å²) >= 11 is 9.30. The van der Waals surface area contributed by atoms with Crippen molar-refractivity contribution < 1.29 is 4.79 Å². The molecule has 94 valence electrons. The van der Waals surface area contributed by atoms with Gasteiger partial charge in [-0.3, -0.25) is 9.48 Å². The van der Waals surface area contributed by atoms with Crippen LogP contribution in [-0.4, -0.2) is 15.7 Å². The number of aryl methyl sites for hydroxylation is 1. The van der Waals surface area contributed by atoms with Gasteiger partial charge in [0.05, 0.1) is 16.9 Å². The monoisotopic (exact) mass is 328 g/mol. The largest absolute Gasteiger partial charge is 0.383 e. The second-order valence-electron chi connectivity index (χ2n) is 3.65. The number of amides is 1. The lowest BCUT2D eigenvalue weighted by Gasteiger charge is -2.07. The summed E-state index contributed by atoms with van der Waals surface area (Å²) in [5.41, 5.74) is 6.55. The smallest absolute Gasteiger partial charge is 0.261 e. The highest BCUT2D eigenvalue weighted by molar-refractivity contribution is 9.10. The molecule has 0 bridgehead atoms. The molecule has 1 aromatic heterocycles. The molecule has 1 aromatic carbocycles. The molecule has 0 atom stereocenters. The van der Waals surface area contributed by atoms with Gasteiger partial charge in [0, 0.05) is 11.5 Å². The first-order valence-electron chi connectivity index (χ1n) is 5.03. The van der Waals surface area contributed by atoms with Crippen LogP contribution < -0.4 is 11.1 Å². The molecule has 2 rings (SSSR count). The first-order chi connectivity index (χ1) is 8.49. The van der Waals surface area contributed by atoms with E-state index >= 15 is 0 Å². The molecule has 2 aromatic rings. The number of nitrogens with one attached hydrogen (secondary N) is 1. The van der Waals surface area contributed by atoms with E-state index in [9.17, 15) is 4.79 Å². The fraction of sp³-hybridized carbons (Fsp3) is 0.0909. The van der Waals surface area contributed by atoms with Gasteiger partial charge in [0.2, 0.25) is 0 Å². The van der Waals surface area contributed by atoms with E-state index < -0.39 is 0 Å². The number of benzene rings is 1. The molecule has 0 aliphatic rings. The minimum Gasteiger partial charge on any atom is -0.383 e. The number of hydrogen-bond donors (Lipinski definition) is 2. The van der Waals surface area contributed by atoms with Gasteiger partial charge < -0.3 is 11.1 Å². The molecule has 0 spiro atoms. The van der Waals surface area contributed by atoms with Crippen LogP contribution >= 0.6 is 27.5 Å². The summed E-state index contributed by atoms with van der Waals surface area (Å²) in [6.45, 7) is 0. The van der Waals surface area contributed by atoms with Crippen molar-refractivity contribution in [2.45, 2.75) is 0 Å². The summed E-state index contributed by atoms with van der Waals surface area (Å²) in [4.78, 5) is 12.0. The van der Waals surface area contributed by atoms with Crippen molar-refractivity contribution in [2.75, 3.05) is 11.1 Å². The van der Waals surface area contributed by atoms with Gasteiger partial charge in [-0.25, -0.2) is 0 Å². The van der Waals surface area contributed by atoms with E-state index in [0.29, 0.717) is 22.1 Å². The number of carbonyl (C=O) groups is 1. The van der Waals surface area contributed by atoms with E-state index in [2.05, 4.69) is 26.3 Å². The molecule has 0 saturated heterocycles. The normalized spacial score (nSPS) is 10.4. The third kappa shape index (κ3) is 2.49. The third-order valence-electron chi connectivity index (χ3n) is 2.41. The van der Waals surface area contributed by atoms with Crippen molar-refractivity contribution in [3.05, 3.63) is 39.5 Å². The maximum absolute atomic E-state index is 12.0. The Hall–Kier alpha value is -1.53. The maximum Gasteiger partial charge on any atom is 0.261 e. The number of nitrogen functional groups attached to an aromatic ring is 1. The second kappa shape index (κ2) is 4.99. The molecule has 5 nitrogen and oxygen atoms in total. The number of aromatic nitrogens is 2. The number of nitrogens with two attached hydrogens (primary N) is 1. The third-order valence-corrected chi connectivity index (χ3v) is 3.23. The summed E-state index contributed by atoms with van der Waals surface area (Å²) in [6, 6.07) is 5.19. The molecule has 0 fully saturated rings. The fourth-order valence-electron chi connectivity index (χ4n) is 1.40. The molecule has 0 unspecified atom stereocenters. The van der Waals surface area contributed by atoms with Gasteiger partial charge in [-0.15, -0.1) is 0 Å². The summed E-state index contributed by atoms with van der Waals surface area (Å²) in [7, 11) is 1.66. The first kappa shape index (κ1) is 12.9. The van der Waals surface area contributed by atoms with E-state index in [1.54, 1.807) is 25.2 Å². The molecule has 0 aliphatic heterocycles. The van der Waals surface area contributed by atoms with Crippen molar-refractivity contribution in [1.82, 2.24) is 9.78 Å². The Morgan fingerprint density at radius 1 is 1.56 bits per heavy atom. The SMILES string of the molecule is Cn1ncc(C(=O)Nc2cc(Br)ccc2Cl)c1N. The van der Waals surface area contributed by atoms with Crippen LogP contribution in [0.2, 0.25) is 5.02 Å². The lowest BCUT2D eigenvalue weighted by atomic mass is 10.2. The molecular weight excluding hydrogens is 320 g/mol. The molecule has 18 heavy (non-hydrogen) atoms. The van der Waals surface area contributed by atoms with E-state index in [4.69, 9.17) is 17.3 Å². The average molecular weight is 330 g/mol. The molecule has 0 radical (unpaired) electrons. The Morgan fingerprint density at radius 3 is 2.89 bits per heavy atom. The molecule has 7 heteroatoms. The number of carbonyl (C=O) groups excluding carboxylic acids is 1. The first-order valence-corrected chi connectivity index (χ1v) is 6.20. The molecule has 0 saturated carbocycles. The standard InChI is InChI=1S/C11H10BrClN4O/c1-17-10(14)7(5-15-17)11(18)16-9-4-6(12)2-3-8(9)13/h2-5H,14H2,1H3,(H,16,18). The van der Waals surface area contributed by atoms with Gasteiger partial charge in [-0.05, 0) is 18.2 Å². The summed E-state index contributed by atoms with van der Waals surface area (Å²) < 4.78 is 2.25. The van der Waals surface area contributed by atoms with E-state index in [0.717, 1.165) is 4.47 Å².